The number of halogens is 1. The molecule has 0 radical (unpaired) electrons. The number of carbonyl (C=O) groups excluding carboxylic acids is 1. The SMILES string of the molecule is O=C(NCC(CCCN1CCC(O)(c2ccc(Cl)cc2)CC1)(c1ccccc1)c1ccccn1)Oc1ccccc1. The first kappa shape index (κ1) is 28.8. The Labute approximate surface area is 247 Å². The molecule has 3 aromatic carbocycles. The molecule has 2 N–H and O–H groups in total. The molecule has 2 heterocycles. The van der Waals surface area contributed by atoms with Crippen molar-refractivity contribution < 1.29 is 14.6 Å². The van der Waals surface area contributed by atoms with Gasteiger partial charge in [0, 0.05) is 30.9 Å². The van der Waals surface area contributed by atoms with Crippen molar-refractivity contribution in [2.24, 2.45) is 0 Å². The van der Waals surface area contributed by atoms with Gasteiger partial charge >= 0.3 is 6.09 Å². The van der Waals surface area contributed by atoms with E-state index in [0.29, 0.717) is 30.2 Å². The van der Waals surface area contributed by atoms with Crippen LogP contribution in [-0.2, 0) is 11.0 Å². The summed E-state index contributed by atoms with van der Waals surface area (Å²) in [5.41, 5.74) is 1.55. The molecule has 1 atom stereocenters. The van der Waals surface area contributed by atoms with E-state index in [1.165, 1.54) is 0 Å². The number of amides is 1. The number of rotatable bonds is 10. The molecule has 1 aliphatic rings. The molecule has 1 saturated heterocycles. The highest BCUT2D eigenvalue weighted by Crippen LogP contribution is 2.37. The lowest BCUT2D eigenvalue weighted by molar-refractivity contribution is -0.0262. The fourth-order valence-corrected chi connectivity index (χ4v) is 5.88. The molecule has 1 fully saturated rings. The second-order valence-electron chi connectivity index (χ2n) is 10.7. The monoisotopic (exact) mass is 569 g/mol. The lowest BCUT2D eigenvalue weighted by Gasteiger charge is -2.39. The fourth-order valence-electron chi connectivity index (χ4n) is 5.76. The number of likely N-dealkylation sites (tertiary alicyclic amines) is 1. The van der Waals surface area contributed by atoms with Crippen LogP contribution >= 0.6 is 11.6 Å². The van der Waals surface area contributed by atoms with Gasteiger partial charge in [0.05, 0.1) is 16.7 Å². The van der Waals surface area contributed by atoms with Gasteiger partial charge in [0.15, 0.2) is 0 Å². The number of aliphatic hydroxyl groups is 1. The number of nitrogens with one attached hydrogen (secondary N) is 1. The molecule has 1 aromatic heterocycles. The van der Waals surface area contributed by atoms with Crippen LogP contribution in [0.5, 0.6) is 5.75 Å². The molecule has 0 bridgehead atoms. The Kier molecular flexibility index (Phi) is 9.35. The van der Waals surface area contributed by atoms with Crippen molar-refractivity contribution in [2.75, 3.05) is 26.2 Å². The van der Waals surface area contributed by atoms with Crippen molar-refractivity contribution in [2.45, 2.75) is 36.7 Å². The largest absolute Gasteiger partial charge is 0.412 e. The van der Waals surface area contributed by atoms with Gasteiger partial charge in [-0.2, -0.15) is 0 Å². The average Bonchev–Trinajstić information content (AvgIpc) is 3.01. The zero-order valence-electron chi connectivity index (χ0n) is 23.1. The minimum Gasteiger partial charge on any atom is -0.410 e. The molecule has 0 saturated carbocycles. The van der Waals surface area contributed by atoms with E-state index in [-0.39, 0.29) is 0 Å². The lowest BCUT2D eigenvalue weighted by atomic mass is 9.73. The van der Waals surface area contributed by atoms with E-state index in [0.717, 1.165) is 49.3 Å². The highest BCUT2D eigenvalue weighted by atomic mass is 35.5. The number of pyridine rings is 1. The van der Waals surface area contributed by atoms with Crippen molar-refractivity contribution >= 4 is 17.7 Å². The number of hydrogen-bond donors (Lipinski definition) is 2. The number of carbonyl (C=O) groups is 1. The maximum atomic E-state index is 12.8. The van der Waals surface area contributed by atoms with Crippen LogP contribution in [0.2, 0.25) is 5.02 Å². The van der Waals surface area contributed by atoms with Crippen LogP contribution in [0, 0.1) is 0 Å². The first-order valence-corrected chi connectivity index (χ1v) is 14.5. The first-order chi connectivity index (χ1) is 20.0. The Morgan fingerprint density at radius 2 is 1.59 bits per heavy atom. The molecule has 0 aliphatic carbocycles. The van der Waals surface area contributed by atoms with Crippen molar-refractivity contribution in [3.05, 3.63) is 131 Å². The van der Waals surface area contributed by atoms with Crippen LogP contribution in [0.25, 0.3) is 0 Å². The molecule has 212 valence electrons. The van der Waals surface area contributed by atoms with Crippen LogP contribution < -0.4 is 10.1 Å². The van der Waals surface area contributed by atoms with Crippen LogP contribution in [-0.4, -0.2) is 47.3 Å². The Hall–Kier alpha value is -3.71. The predicted molar refractivity (Wildman–Crippen MR) is 162 cm³/mol. The van der Waals surface area contributed by atoms with Crippen molar-refractivity contribution in [3.8, 4) is 5.75 Å². The zero-order valence-corrected chi connectivity index (χ0v) is 23.8. The number of para-hydroxylation sites is 1. The Morgan fingerprint density at radius 3 is 2.24 bits per heavy atom. The van der Waals surface area contributed by atoms with Crippen LogP contribution in [0.4, 0.5) is 4.79 Å². The van der Waals surface area contributed by atoms with Crippen LogP contribution in [0.15, 0.2) is 109 Å². The molecule has 6 nitrogen and oxygen atoms in total. The number of ether oxygens (including phenoxy) is 1. The van der Waals surface area contributed by atoms with Gasteiger partial charge in [-0.3, -0.25) is 4.98 Å². The molecule has 5 rings (SSSR count). The number of nitrogens with zero attached hydrogens (tertiary/aromatic N) is 2. The second-order valence-corrected chi connectivity index (χ2v) is 11.1. The van der Waals surface area contributed by atoms with Gasteiger partial charge < -0.3 is 20.1 Å². The summed E-state index contributed by atoms with van der Waals surface area (Å²) < 4.78 is 5.53. The third-order valence-electron chi connectivity index (χ3n) is 8.11. The van der Waals surface area contributed by atoms with Crippen LogP contribution in [0.3, 0.4) is 0 Å². The standard InChI is InChI=1S/C34H36ClN3O3/c35-29-17-15-28(16-18-29)34(40)20-24-38(25-21-34)23-9-19-33(27-10-3-1-4-11-27,31-14-7-8-22-36-31)26-37-32(39)41-30-12-5-2-6-13-30/h1-8,10-18,22,40H,9,19-21,23-26H2,(H,37,39). The summed E-state index contributed by atoms with van der Waals surface area (Å²) in [4.78, 5) is 20.0. The highest BCUT2D eigenvalue weighted by Gasteiger charge is 2.37. The summed E-state index contributed by atoms with van der Waals surface area (Å²) in [6.07, 6.45) is 4.32. The maximum absolute atomic E-state index is 12.8. The summed E-state index contributed by atoms with van der Waals surface area (Å²) in [6.45, 7) is 2.84. The van der Waals surface area contributed by atoms with Gasteiger partial charge in [-0.25, -0.2) is 4.79 Å². The minimum atomic E-state index is -0.828. The van der Waals surface area contributed by atoms with E-state index in [1.807, 2.05) is 78.9 Å². The van der Waals surface area contributed by atoms with Gasteiger partial charge in [-0.1, -0.05) is 78.3 Å². The Morgan fingerprint density at radius 1 is 0.927 bits per heavy atom. The van der Waals surface area contributed by atoms with Gasteiger partial charge in [-0.05, 0) is 79.8 Å². The van der Waals surface area contributed by atoms with Crippen molar-refractivity contribution in [1.29, 1.82) is 0 Å². The fraction of sp³-hybridized carbons (Fsp3) is 0.294. The third-order valence-corrected chi connectivity index (χ3v) is 8.36. The first-order valence-electron chi connectivity index (χ1n) is 14.2. The molecule has 4 aromatic rings. The normalized spacial score (nSPS) is 16.4. The molecular weight excluding hydrogens is 534 g/mol. The quantitative estimate of drug-likeness (QED) is 0.226. The number of aromatic nitrogens is 1. The zero-order chi connectivity index (χ0) is 28.5. The number of piperidine rings is 1. The van der Waals surface area contributed by atoms with Crippen molar-refractivity contribution in [3.63, 3.8) is 0 Å². The molecule has 0 spiro atoms. The van der Waals surface area contributed by atoms with E-state index in [4.69, 9.17) is 21.3 Å². The number of benzene rings is 3. The predicted octanol–water partition coefficient (Wildman–Crippen LogP) is 6.57. The number of hydrogen-bond acceptors (Lipinski definition) is 5. The topological polar surface area (TPSA) is 74.7 Å². The summed E-state index contributed by atoms with van der Waals surface area (Å²) >= 11 is 6.05. The molecule has 1 unspecified atom stereocenters. The van der Waals surface area contributed by atoms with E-state index < -0.39 is 17.1 Å². The molecule has 41 heavy (non-hydrogen) atoms. The Bertz CT molecular complexity index is 1340. The summed E-state index contributed by atoms with van der Waals surface area (Å²) in [6, 6.07) is 32.8. The molecular formula is C34H36ClN3O3. The second kappa shape index (κ2) is 13.3. The molecule has 7 heteroatoms. The van der Waals surface area contributed by atoms with Gasteiger partial charge in [-0.15, -0.1) is 0 Å². The minimum absolute atomic E-state index is 0.343. The van der Waals surface area contributed by atoms with E-state index >= 15 is 0 Å². The van der Waals surface area contributed by atoms with E-state index in [1.54, 1.807) is 18.3 Å². The third kappa shape index (κ3) is 7.14. The van der Waals surface area contributed by atoms with Crippen LogP contribution in [0.1, 0.15) is 42.5 Å². The van der Waals surface area contributed by atoms with E-state index in [9.17, 15) is 9.90 Å². The highest BCUT2D eigenvalue weighted by molar-refractivity contribution is 6.30. The smallest absolute Gasteiger partial charge is 0.410 e. The van der Waals surface area contributed by atoms with Gasteiger partial charge in [0.1, 0.15) is 5.75 Å². The molecule has 1 aliphatic heterocycles. The Balaban J connectivity index is 1.29. The van der Waals surface area contributed by atoms with Gasteiger partial charge in [0.2, 0.25) is 0 Å². The maximum Gasteiger partial charge on any atom is 0.412 e. The van der Waals surface area contributed by atoms with E-state index in [2.05, 4.69) is 22.3 Å². The summed E-state index contributed by atoms with van der Waals surface area (Å²) in [5.74, 6) is 0.497. The molecule has 1 amide bonds. The average molecular weight is 570 g/mol. The van der Waals surface area contributed by atoms with Crippen molar-refractivity contribution in [1.82, 2.24) is 15.2 Å². The van der Waals surface area contributed by atoms with Gasteiger partial charge in [0.25, 0.3) is 0 Å². The summed E-state index contributed by atoms with van der Waals surface area (Å²) in [7, 11) is 0. The summed E-state index contributed by atoms with van der Waals surface area (Å²) in [5, 5.41) is 15.0. The lowest BCUT2D eigenvalue weighted by Crippen LogP contribution is -2.45.